The highest BCUT2D eigenvalue weighted by molar-refractivity contribution is 6.01. The Labute approximate surface area is 226 Å². The van der Waals surface area contributed by atoms with Crippen LogP contribution in [-0.4, -0.2) is 61.3 Å². The van der Waals surface area contributed by atoms with Gasteiger partial charge in [-0.2, -0.15) is 0 Å². The van der Waals surface area contributed by atoms with Crippen LogP contribution >= 0.6 is 0 Å². The molecule has 4 aromatic rings. The molecule has 1 saturated heterocycles. The standard InChI is InChI=1S/C31H30N2O6/c34-30(32-29-4-2-1-3-28(29)31(35)36)19-22-5-9-25(10-6-22)39-27-12-8-23-7-11-26(20-24(23)21-27)38-18-15-33-13-16-37-17-14-33/h1-12,20-21H,13-19H2,(H,32,34)(H,35,36). The molecule has 1 fully saturated rings. The summed E-state index contributed by atoms with van der Waals surface area (Å²) in [6.45, 7) is 4.94. The van der Waals surface area contributed by atoms with E-state index < -0.39 is 5.97 Å². The van der Waals surface area contributed by atoms with Crippen LogP contribution in [-0.2, 0) is 16.0 Å². The molecule has 0 aliphatic carbocycles. The lowest BCUT2D eigenvalue weighted by Gasteiger charge is -2.26. The lowest BCUT2D eigenvalue weighted by atomic mass is 10.1. The Morgan fingerprint density at radius 1 is 0.846 bits per heavy atom. The third kappa shape index (κ3) is 7.13. The summed E-state index contributed by atoms with van der Waals surface area (Å²) in [7, 11) is 0. The number of carbonyl (C=O) groups excluding carboxylic acids is 1. The van der Waals surface area contributed by atoms with E-state index in [1.165, 1.54) is 6.07 Å². The van der Waals surface area contributed by atoms with Gasteiger partial charge in [-0.1, -0.05) is 36.4 Å². The molecule has 0 atom stereocenters. The lowest BCUT2D eigenvalue weighted by Crippen LogP contribution is -2.38. The lowest BCUT2D eigenvalue weighted by molar-refractivity contribution is -0.115. The number of hydrogen-bond acceptors (Lipinski definition) is 6. The summed E-state index contributed by atoms with van der Waals surface area (Å²) in [6.07, 6.45) is 0.110. The van der Waals surface area contributed by atoms with E-state index in [4.69, 9.17) is 14.2 Å². The van der Waals surface area contributed by atoms with Crippen LogP contribution in [0.3, 0.4) is 0 Å². The predicted octanol–water partition coefficient (Wildman–Crippen LogP) is 5.22. The Morgan fingerprint density at radius 2 is 1.54 bits per heavy atom. The minimum atomic E-state index is -1.09. The summed E-state index contributed by atoms with van der Waals surface area (Å²) >= 11 is 0. The van der Waals surface area contributed by atoms with E-state index in [2.05, 4.69) is 10.2 Å². The molecule has 8 nitrogen and oxygen atoms in total. The van der Waals surface area contributed by atoms with Crippen molar-refractivity contribution in [1.29, 1.82) is 0 Å². The zero-order chi connectivity index (χ0) is 27.0. The van der Waals surface area contributed by atoms with Gasteiger partial charge in [0.2, 0.25) is 5.91 Å². The van der Waals surface area contributed by atoms with Gasteiger partial charge < -0.3 is 24.6 Å². The first-order chi connectivity index (χ1) is 19.0. The molecule has 8 heteroatoms. The molecule has 1 aliphatic heterocycles. The number of para-hydroxylation sites is 1. The van der Waals surface area contributed by atoms with Crippen LogP contribution in [0.25, 0.3) is 10.8 Å². The van der Waals surface area contributed by atoms with Crippen molar-refractivity contribution in [2.45, 2.75) is 6.42 Å². The quantitative estimate of drug-likeness (QED) is 0.292. The molecule has 200 valence electrons. The third-order valence-corrected chi connectivity index (χ3v) is 6.52. The fourth-order valence-electron chi connectivity index (χ4n) is 4.44. The number of aromatic carboxylic acids is 1. The minimum Gasteiger partial charge on any atom is -0.492 e. The summed E-state index contributed by atoms with van der Waals surface area (Å²) in [5.41, 5.74) is 1.11. The fourth-order valence-corrected chi connectivity index (χ4v) is 4.44. The van der Waals surface area contributed by atoms with Gasteiger partial charge in [0.25, 0.3) is 0 Å². The van der Waals surface area contributed by atoms with Gasteiger partial charge in [0.05, 0.1) is 30.9 Å². The molecule has 0 saturated carbocycles. The highest BCUT2D eigenvalue weighted by Crippen LogP contribution is 2.28. The van der Waals surface area contributed by atoms with Gasteiger partial charge in [-0.3, -0.25) is 9.69 Å². The number of rotatable bonds is 10. The van der Waals surface area contributed by atoms with Crippen molar-refractivity contribution in [3.05, 3.63) is 96.1 Å². The SMILES string of the molecule is O=C(Cc1ccc(Oc2ccc3ccc(OCCN4CCOCC4)cc3c2)cc1)Nc1ccccc1C(=O)O. The van der Waals surface area contributed by atoms with Gasteiger partial charge in [-0.15, -0.1) is 0 Å². The van der Waals surface area contributed by atoms with Crippen LogP contribution in [0.2, 0.25) is 0 Å². The summed E-state index contributed by atoms with van der Waals surface area (Å²) < 4.78 is 17.4. The molecule has 5 rings (SSSR count). The number of morpholine rings is 1. The molecule has 0 spiro atoms. The predicted molar refractivity (Wildman–Crippen MR) is 149 cm³/mol. The Bertz CT molecular complexity index is 1450. The number of fused-ring (bicyclic) bond motifs is 1. The molecular formula is C31H30N2O6. The molecule has 4 aromatic carbocycles. The number of nitrogens with zero attached hydrogens (tertiary/aromatic N) is 1. The van der Waals surface area contributed by atoms with Crippen molar-refractivity contribution in [3.8, 4) is 17.2 Å². The Balaban J connectivity index is 1.17. The van der Waals surface area contributed by atoms with Gasteiger partial charge in [0.1, 0.15) is 23.9 Å². The van der Waals surface area contributed by atoms with E-state index in [9.17, 15) is 14.7 Å². The summed E-state index contributed by atoms with van der Waals surface area (Å²) in [5, 5.41) is 14.1. The van der Waals surface area contributed by atoms with E-state index in [1.807, 2.05) is 60.7 Å². The molecule has 39 heavy (non-hydrogen) atoms. The highest BCUT2D eigenvalue weighted by atomic mass is 16.5. The largest absolute Gasteiger partial charge is 0.492 e. The maximum atomic E-state index is 12.5. The molecule has 0 unspecified atom stereocenters. The van der Waals surface area contributed by atoms with Crippen molar-refractivity contribution in [2.24, 2.45) is 0 Å². The number of carboxylic acid groups (broad SMARTS) is 1. The minimum absolute atomic E-state index is 0.0525. The third-order valence-electron chi connectivity index (χ3n) is 6.52. The molecular weight excluding hydrogens is 496 g/mol. The van der Waals surface area contributed by atoms with Gasteiger partial charge in [0.15, 0.2) is 0 Å². The average molecular weight is 527 g/mol. The van der Waals surface area contributed by atoms with Gasteiger partial charge in [-0.25, -0.2) is 4.79 Å². The number of carbonyl (C=O) groups is 2. The smallest absolute Gasteiger partial charge is 0.337 e. The van der Waals surface area contributed by atoms with Crippen LogP contribution in [0.1, 0.15) is 15.9 Å². The van der Waals surface area contributed by atoms with E-state index >= 15 is 0 Å². The maximum Gasteiger partial charge on any atom is 0.337 e. The second-order valence-electron chi connectivity index (χ2n) is 9.29. The van der Waals surface area contributed by atoms with Crippen LogP contribution in [0.5, 0.6) is 17.2 Å². The van der Waals surface area contributed by atoms with Crippen LogP contribution in [0.15, 0.2) is 84.9 Å². The van der Waals surface area contributed by atoms with Gasteiger partial charge in [-0.05, 0) is 64.9 Å². The first kappa shape index (κ1) is 26.2. The number of amides is 1. The average Bonchev–Trinajstić information content (AvgIpc) is 2.95. The normalized spacial score (nSPS) is 13.6. The number of nitrogens with one attached hydrogen (secondary N) is 1. The second kappa shape index (κ2) is 12.4. The second-order valence-corrected chi connectivity index (χ2v) is 9.29. The van der Waals surface area contributed by atoms with Crippen molar-refractivity contribution in [1.82, 2.24) is 4.90 Å². The fraction of sp³-hybridized carbons (Fsp3) is 0.226. The number of ether oxygens (including phenoxy) is 3. The Morgan fingerprint density at radius 3 is 2.31 bits per heavy atom. The van der Waals surface area contributed by atoms with Crippen LogP contribution < -0.4 is 14.8 Å². The Kier molecular flexibility index (Phi) is 8.36. The highest BCUT2D eigenvalue weighted by Gasteiger charge is 2.13. The zero-order valence-corrected chi connectivity index (χ0v) is 21.5. The van der Waals surface area contributed by atoms with Crippen LogP contribution in [0.4, 0.5) is 5.69 Å². The summed E-state index contributed by atoms with van der Waals surface area (Å²) in [5.74, 6) is 0.779. The zero-order valence-electron chi connectivity index (χ0n) is 21.5. The van der Waals surface area contributed by atoms with Crippen LogP contribution in [0, 0.1) is 0 Å². The molecule has 1 heterocycles. The van der Waals surface area contributed by atoms with Crippen molar-refractivity contribution in [2.75, 3.05) is 44.8 Å². The van der Waals surface area contributed by atoms with E-state index in [1.54, 1.807) is 18.2 Å². The number of anilines is 1. The molecule has 0 aromatic heterocycles. The first-order valence-corrected chi connectivity index (χ1v) is 12.9. The van der Waals surface area contributed by atoms with Gasteiger partial charge >= 0.3 is 5.97 Å². The van der Waals surface area contributed by atoms with E-state index in [-0.39, 0.29) is 23.6 Å². The molecule has 1 aliphatic rings. The topological polar surface area (TPSA) is 97.3 Å². The monoisotopic (exact) mass is 526 g/mol. The molecule has 2 N–H and O–H groups in total. The van der Waals surface area contributed by atoms with Crippen molar-refractivity contribution >= 4 is 28.3 Å². The summed E-state index contributed by atoms with van der Waals surface area (Å²) in [4.78, 5) is 26.2. The maximum absolute atomic E-state index is 12.5. The Hall–Kier alpha value is -4.40. The number of benzene rings is 4. The molecule has 1 amide bonds. The van der Waals surface area contributed by atoms with Crippen molar-refractivity contribution < 1.29 is 28.9 Å². The van der Waals surface area contributed by atoms with Crippen molar-refractivity contribution in [3.63, 3.8) is 0 Å². The van der Waals surface area contributed by atoms with E-state index in [0.29, 0.717) is 18.1 Å². The summed E-state index contributed by atoms with van der Waals surface area (Å²) in [6, 6.07) is 25.5. The molecule has 0 radical (unpaired) electrons. The molecule has 0 bridgehead atoms. The van der Waals surface area contributed by atoms with Gasteiger partial charge in [0, 0.05) is 19.6 Å². The first-order valence-electron chi connectivity index (χ1n) is 12.9. The van der Waals surface area contributed by atoms with E-state index in [0.717, 1.165) is 54.9 Å². The number of carboxylic acids is 1. The number of hydrogen-bond donors (Lipinski definition) is 2.